The first-order chi connectivity index (χ1) is 8.18. The molecule has 0 saturated heterocycles. The van der Waals surface area contributed by atoms with Gasteiger partial charge in [0, 0.05) is 5.56 Å². The highest BCUT2D eigenvalue weighted by molar-refractivity contribution is 5.62. The minimum Gasteiger partial charge on any atom is -0.388 e. The van der Waals surface area contributed by atoms with Crippen LogP contribution in [0.5, 0.6) is 0 Å². The number of aromatic nitrogens is 2. The zero-order valence-electron chi connectivity index (χ0n) is 10.2. The standard InChI is InChI=1S/C14H18N2O/c1-10(2)8-13(17)12-9-15-16-14(12)11-6-4-3-5-7-11/h3-7,9-10,13,17H,8H2,1-2H3,(H,15,16). The quantitative estimate of drug-likeness (QED) is 0.847. The Labute approximate surface area is 102 Å². The number of H-pyrrole nitrogens is 1. The molecular weight excluding hydrogens is 212 g/mol. The van der Waals surface area contributed by atoms with E-state index in [4.69, 9.17) is 0 Å². The summed E-state index contributed by atoms with van der Waals surface area (Å²) in [5, 5.41) is 17.2. The number of aliphatic hydroxyl groups is 1. The van der Waals surface area contributed by atoms with Crippen LogP contribution in [-0.4, -0.2) is 15.3 Å². The van der Waals surface area contributed by atoms with Gasteiger partial charge in [-0.3, -0.25) is 5.10 Å². The molecule has 0 bridgehead atoms. The van der Waals surface area contributed by atoms with Crippen molar-refractivity contribution >= 4 is 0 Å². The molecule has 1 unspecified atom stereocenters. The number of aromatic amines is 1. The summed E-state index contributed by atoms with van der Waals surface area (Å²) in [6.07, 6.45) is 2.01. The Morgan fingerprint density at radius 2 is 1.94 bits per heavy atom. The lowest BCUT2D eigenvalue weighted by Crippen LogP contribution is -2.02. The van der Waals surface area contributed by atoms with Crippen molar-refractivity contribution in [1.29, 1.82) is 0 Å². The molecule has 0 radical (unpaired) electrons. The van der Waals surface area contributed by atoms with Crippen LogP contribution in [0.25, 0.3) is 11.3 Å². The lowest BCUT2D eigenvalue weighted by Gasteiger charge is -2.13. The number of benzene rings is 1. The summed E-state index contributed by atoms with van der Waals surface area (Å²) in [5.41, 5.74) is 2.85. The maximum Gasteiger partial charge on any atom is 0.0829 e. The number of aliphatic hydroxyl groups excluding tert-OH is 1. The topological polar surface area (TPSA) is 48.9 Å². The highest BCUT2D eigenvalue weighted by Gasteiger charge is 2.16. The van der Waals surface area contributed by atoms with Crippen LogP contribution in [0.3, 0.4) is 0 Å². The van der Waals surface area contributed by atoms with Gasteiger partial charge in [-0.15, -0.1) is 0 Å². The molecule has 2 aromatic rings. The largest absolute Gasteiger partial charge is 0.388 e. The summed E-state index contributed by atoms with van der Waals surface area (Å²) in [6.45, 7) is 4.21. The molecule has 1 atom stereocenters. The Bertz CT molecular complexity index is 462. The lowest BCUT2D eigenvalue weighted by molar-refractivity contribution is 0.151. The Balaban J connectivity index is 2.29. The van der Waals surface area contributed by atoms with Gasteiger partial charge in [0.2, 0.25) is 0 Å². The monoisotopic (exact) mass is 230 g/mol. The third kappa shape index (κ3) is 2.74. The summed E-state index contributed by atoms with van der Waals surface area (Å²) < 4.78 is 0. The van der Waals surface area contributed by atoms with E-state index in [1.165, 1.54) is 0 Å². The van der Waals surface area contributed by atoms with Crippen molar-refractivity contribution in [2.24, 2.45) is 5.92 Å². The first-order valence-electron chi connectivity index (χ1n) is 5.95. The average Bonchev–Trinajstić information content (AvgIpc) is 2.78. The summed E-state index contributed by atoms with van der Waals surface area (Å²) >= 11 is 0. The summed E-state index contributed by atoms with van der Waals surface area (Å²) in [5.74, 6) is 0.462. The maximum absolute atomic E-state index is 10.2. The Hall–Kier alpha value is -1.61. The molecule has 0 fully saturated rings. The molecule has 17 heavy (non-hydrogen) atoms. The van der Waals surface area contributed by atoms with E-state index in [0.717, 1.165) is 23.2 Å². The molecule has 1 heterocycles. The third-order valence-electron chi connectivity index (χ3n) is 2.78. The van der Waals surface area contributed by atoms with E-state index in [1.54, 1.807) is 6.20 Å². The van der Waals surface area contributed by atoms with Gasteiger partial charge in [-0.2, -0.15) is 5.10 Å². The average molecular weight is 230 g/mol. The van der Waals surface area contributed by atoms with E-state index < -0.39 is 6.10 Å². The molecule has 2 rings (SSSR count). The van der Waals surface area contributed by atoms with E-state index in [1.807, 2.05) is 30.3 Å². The second-order valence-electron chi connectivity index (χ2n) is 4.71. The van der Waals surface area contributed by atoms with Crippen LogP contribution in [0, 0.1) is 5.92 Å². The molecular formula is C14H18N2O. The van der Waals surface area contributed by atoms with Crippen LogP contribution >= 0.6 is 0 Å². The molecule has 1 aromatic heterocycles. The van der Waals surface area contributed by atoms with Gasteiger partial charge in [0.15, 0.2) is 0 Å². The molecule has 0 saturated carbocycles. The highest BCUT2D eigenvalue weighted by atomic mass is 16.3. The van der Waals surface area contributed by atoms with Gasteiger partial charge in [0.25, 0.3) is 0 Å². The molecule has 1 aromatic carbocycles. The molecule has 0 aliphatic rings. The van der Waals surface area contributed by atoms with Crippen LogP contribution in [-0.2, 0) is 0 Å². The smallest absolute Gasteiger partial charge is 0.0829 e. The second-order valence-corrected chi connectivity index (χ2v) is 4.71. The van der Waals surface area contributed by atoms with E-state index in [-0.39, 0.29) is 0 Å². The zero-order valence-corrected chi connectivity index (χ0v) is 10.2. The third-order valence-corrected chi connectivity index (χ3v) is 2.78. The SMILES string of the molecule is CC(C)CC(O)c1cn[nH]c1-c1ccccc1. The number of rotatable bonds is 4. The van der Waals surface area contributed by atoms with Crippen molar-refractivity contribution in [1.82, 2.24) is 10.2 Å². The van der Waals surface area contributed by atoms with Gasteiger partial charge in [0.05, 0.1) is 18.0 Å². The Morgan fingerprint density at radius 3 is 2.59 bits per heavy atom. The second kappa shape index (κ2) is 5.15. The molecule has 0 spiro atoms. The van der Waals surface area contributed by atoms with E-state index in [2.05, 4.69) is 24.0 Å². The van der Waals surface area contributed by atoms with Gasteiger partial charge in [-0.05, 0) is 17.9 Å². The predicted octanol–water partition coefficient (Wildman–Crippen LogP) is 3.16. The molecule has 0 aliphatic carbocycles. The lowest BCUT2D eigenvalue weighted by atomic mass is 9.97. The fourth-order valence-corrected chi connectivity index (χ4v) is 1.96. The van der Waals surface area contributed by atoms with Crippen LogP contribution in [0.15, 0.2) is 36.5 Å². The molecule has 0 amide bonds. The molecule has 3 heteroatoms. The van der Waals surface area contributed by atoms with E-state index in [9.17, 15) is 5.11 Å². The Morgan fingerprint density at radius 1 is 1.24 bits per heavy atom. The van der Waals surface area contributed by atoms with Gasteiger partial charge in [0.1, 0.15) is 0 Å². The van der Waals surface area contributed by atoms with Crippen molar-refractivity contribution in [2.45, 2.75) is 26.4 Å². The van der Waals surface area contributed by atoms with Crippen molar-refractivity contribution in [2.75, 3.05) is 0 Å². The predicted molar refractivity (Wildman–Crippen MR) is 68.4 cm³/mol. The maximum atomic E-state index is 10.2. The fraction of sp³-hybridized carbons (Fsp3) is 0.357. The van der Waals surface area contributed by atoms with Gasteiger partial charge in [-0.25, -0.2) is 0 Å². The van der Waals surface area contributed by atoms with Crippen molar-refractivity contribution in [3.63, 3.8) is 0 Å². The number of hydrogen-bond acceptors (Lipinski definition) is 2. The minimum atomic E-state index is -0.455. The van der Waals surface area contributed by atoms with Gasteiger partial charge < -0.3 is 5.11 Å². The summed E-state index contributed by atoms with van der Waals surface area (Å²) in [4.78, 5) is 0. The van der Waals surface area contributed by atoms with Crippen LogP contribution in [0.2, 0.25) is 0 Å². The number of nitrogens with zero attached hydrogens (tertiary/aromatic N) is 1. The van der Waals surface area contributed by atoms with Gasteiger partial charge in [-0.1, -0.05) is 44.2 Å². The summed E-state index contributed by atoms with van der Waals surface area (Å²) in [6, 6.07) is 9.96. The zero-order chi connectivity index (χ0) is 12.3. The molecule has 0 aliphatic heterocycles. The fourth-order valence-electron chi connectivity index (χ4n) is 1.96. The van der Waals surface area contributed by atoms with Gasteiger partial charge >= 0.3 is 0 Å². The number of hydrogen-bond donors (Lipinski definition) is 2. The van der Waals surface area contributed by atoms with Crippen molar-refractivity contribution in [3.05, 3.63) is 42.1 Å². The molecule has 3 nitrogen and oxygen atoms in total. The van der Waals surface area contributed by atoms with Crippen LogP contribution in [0.4, 0.5) is 0 Å². The summed E-state index contributed by atoms with van der Waals surface area (Å²) in [7, 11) is 0. The minimum absolute atomic E-state index is 0.455. The highest BCUT2D eigenvalue weighted by Crippen LogP contribution is 2.29. The van der Waals surface area contributed by atoms with E-state index in [0.29, 0.717) is 5.92 Å². The normalized spacial score (nSPS) is 12.9. The first-order valence-corrected chi connectivity index (χ1v) is 5.95. The Kier molecular flexibility index (Phi) is 3.59. The first kappa shape index (κ1) is 11.9. The number of nitrogens with one attached hydrogen (secondary N) is 1. The van der Waals surface area contributed by atoms with Crippen LogP contribution < -0.4 is 0 Å². The van der Waals surface area contributed by atoms with Crippen LogP contribution in [0.1, 0.15) is 31.9 Å². The van der Waals surface area contributed by atoms with E-state index >= 15 is 0 Å². The molecule has 90 valence electrons. The van der Waals surface area contributed by atoms with Crippen molar-refractivity contribution < 1.29 is 5.11 Å². The van der Waals surface area contributed by atoms with Crippen molar-refractivity contribution in [3.8, 4) is 11.3 Å². The molecule has 2 N–H and O–H groups in total.